The summed E-state index contributed by atoms with van der Waals surface area (Å²) >= 11 is 0. The smallest absolute Gasteiger partial charge is 0.253 e. The van der Waals surface area contributed by atoms with Crippen LogP contribution in [0.25, 0.3) is 0 Å². The van der Waals surface area contributed by atoms with Crippen molar-refractivity contribution in [2.45, 2.75) is 25.4 Å². The van der Waals surface area contributed by atoms with Gasteiger partial charge in [-0.15, -0.1) is 0 Å². The molecule has 1 saturated heterocycles. The van der Waals surface area contributed by atoms with Gasteiger partial charge in [0.15, 0.2) is 0 Å². The minimum atomic E-state index is 0.00350. The van der Waals surface area contributed by atoms with E-state index in [4.69, 9.17) is 4.74 Å². The lowest BCUT2D eigenvalue weighted by Crippen LogP contribution is -2.37. The summed E-state index contributed by atoms with van der Waals surface area (Å²) in [5.74, 6) is 0. The molecule has 0 unspecified atom stereocenters. The lowest BCUT2D eigenvalue weighted by molar-refractivity contribution is 0.0778. The van der Waals surface area contributed by atoms with Gasteiger partial charge < -0.3 is 10.1 Å². The third-order valence-corrected chi connectivity index (χ3v) is 2.80. The molecule has 0 amide bonds. The van der Waals surface area contributed by atoms with Crippen LogP contribution in [0.15, 0.2) is 23.4 Å². The second-order valence-corrected chi connectivity index (χ2v) is 3.95. The molecule has 1 N–H and O–H groups in total. The molecule has 0 saturated carbocycles. The zero-order valence-electron chi connectivity index (χ0n) is 9.26. The van der Waals surface area contributed by atoms with Crippen LogP contribution in [0.1, 0.15) is 12.8 Å². The van der Waals surface area contributed by atoms with E-state index in [1.807, 2.05) is 0 Å². The molecule has 0 aliphatic carbocycles. The largest absolute Gasteiger partial charge is 0.381 e. The average Bonchev–Trinajstić information content (AvgIpc) is 2.33. The number of hydrogen-bond donors (Lipinski definition) is 1. The topological polar surface area (TPSA) is 56.2 Å². The van der Waals surface area contributed by atoms with E-state index in [0.717, 1.165) is 32.6 Å². The summed E-state index contributed by atoms with van der Waals surface area (Å²) in [5, 5.41) is 3.43. The number of aromatic nitrogens is 2. The van der Waals surface area contributed by atoms with Gasteiger partial charge >= 0.3 is 0 Å². The average molecular weight is 223 g/mol. The third kappa shape index (κ3) is 3.15. The van der Waals surface area contributed by atoms with Crippen molar-refractivity contribution in [3.05, 3.63) is 28.9 Å². The van der Waals surface area contributed by atoms with E-state index < -0.39 is 0 Å². The van der Waals surface area contributed by atoms with Gasteiger partial charge in [-0.05, 0) is 12.8 Å². The Morgan fingerprint density at radius 2 is 2.31 bits per heavy atom. The Kier molecular flexibility index (Phi) is 4.07. The van der Waals surface area contributed by atoms with Crippen LogP contribution >= 0.6 is 0 Å². The fraction of sp³-hybridized carbons (Fsp3) is 0.636. The van der Waals surface area contributed by atoms with Crippen LogP contribution in [-0.2, 0) is 11.3 Å². The maximum atomic E-state index is 11.4. The first-order chi connectivity index (χ1) is 7.86. The Bertz CT molecular complexity index is 371. The van der Waals surface area contributed by atoms with Crippen LogP contribution in [-0.4, -0.2) is 35.4 Å². The predicted molar refractivity (Wildman–Crippen MR) is 60.3 cm³/mol. The highest BCUT2D eigenvalue weighted by atomic mass is 16.5. The van der Waals surface area contributed by atoms with Gasteiger partial charge in [0, 0.05) is 44.6 Å². The Balaban J connectivity index is 1.75. The summed E-state index contributed by atoms with van der Waals surface area (Å²) in [6.07, 6.45) is 5.21. The minimum absolute atomic E-state index is 0.00350. The quantitative estimate of drug-likeness (QED) is 0.781. The maximum absolute atomic E-state index is 11.4. The number of rotatable bonds is 4. The van der Waals surface area contributed by atoms with Gasteiger partial charge in [0.1, 0.15) is 0 Å². The molecule has 1 aromatic rings. The highest BCUT2D eigenvalue weighted by molar-refractivity contribution is 4.82. The zero-order chi connectivity index (χ0) is 11.2. The summed E-state index contributed by atoms with van der Waals surface area (Å²) in [6.45, 7) is 3.15. The van der Waals surface area contributed by atoms with Crippen LogP contribution in [0.3, 0.4) is 0 Å². The third-order valence-electron chi connectivity index (χ3n) is 2.80. The van der Waals surface area contributed by atoms with E-state index >= 15 is 0 Å². The van der Waals surface area contributed by atoms with Gasteiger partial charge in [0.05, 0.1) is 6.33 Å². The first-order valence-electron chi connectivity index (χ1n) is 5.68. The summed E-state index contributed by atoms with van der Waals surface area (Å²) < 4.78 is 6.90. The van der Waals surface area contributed by atoms with E-state index in [-0.39, 0.29) is 5.56 Å². The number of nitrogens with zero attached hydrogens (tertiary/aromatic N) is 2. The van der Waals surface area contributed by atoms with Gasteiger partial charge in [-0.3, -0.25) is 9.36 Å². The van der Waals surface area contributed by atoms with Gasteiger partial charge in [-0.25, -0.2) is 4.98 Å². The normalized spacial score (nSPS) is 17.5. The highest BCUT2D eigenvalue weighted by Crippen LogP contribution is 2.05. The van der Waals surface area contributed by atoms with Crippen LogP contribution < -0.4 is 10.9 Å². The van der Waals surface area contributed by atoms with Crippen molar-refractivity contribution in [1.29, 1.82) is 0 Å². The predicted octanol–water partition coefficient (Wildman–Crippen LogP) is 0.0119. The second-order valence-electron chi connectivity index (χ2n) is 3.95. The zero-order valence-corrected chi connectivity index (χ0v) is 9.26. The molecule has 1 aromatic heterocycles. The molecule has 2 heterocycles. The molecule has 1 aliphatic rings. The van der Waals surface area contributed by atoms with Gasteiger partial charge in [-0.1, -0.05) is 0 Å². The number of ether oxygens (including phenoxy) is 1. The molecule has 0 aromatic carbocycles. The summed E-state index contributed by atoms with van der Waals surface area (Å²) in [7, 11) is 0. The minimum Gasteiger partial charge on any atom is -0.381 e. The number of nitrogens with one attached hydrogen (secondary N) is 1. The van der Waals surface area contributed by atoms with Crippen molar-refractivity contribution in [2.75, 3.05) is 19.8 Å². The van der Waals surface area contributed by atoms with E-state index in [1.165, 1.54) is 12.3 Å². The van der Waals surface area contributed by atoms with Crippen molar-refractivity contribution < 1.29 is 4.74 Å². The number of hydrogen-bond acceptors (Lipinski definition) is 4. The summed E-state index contributed by atoms with van der Waals surface area (Å²) in [5.41, 5.74) is 0.00350. The summed E-state index contributed by atoms with van der Waals surface area (Å²) in [6, 6.07) is 2.01. The lowest BCUT2D eigenvalue weighted by Gasteiger charge is -2.23. The molecule has 5 heteroatoms. The van der Waals surface area contributed by atoms with E-state index in [2.05, 4.69) is 10.3 Å². The fourth-order valence-electron chi connectivity index (χ4n) is 1.84. The molecule has 0 atom stereocenters. The molecule has 1 fully saturated rings. The molecule has 0 spiro atoms. The molecule has 1 aliphatic heterocycles. The Labute approximate surface area is 94.5 Å². The molecular weight excluding hydrogens is 206 g/mol. The van der Waals surface area contributed by atoms with Gasteiger partial charge in [-0.2, -0.15) is 0 Å². The van der Waals surface area contributed by atoms with Crippen LogP contribution in [0.4, 0.5) is 0 Å². The van der Waals surface area contributed by atoms with Crippen molar-refractivity contribution in [3.8, 4) is 0 Å². The Morgan fingerprint density at radius 1 is 1.50 bits per heavy atom. The van der Waals surface area contributed by atoms with Crippen molar-refractivity contribution >= 4 is 0 Å². The molecular formula is C11H17N3O2. The van der Waals surface area contributed by atoms with Crippen molar-refractivity contribution in [3.63, 3.8) is 0 Å². The van der Waals surface area contributed by atoms with E-state index in [9.17, 15) is 4.79 Å². The van der Waals surface area contributed by atoms with Crippen LogP contribution in [0.5, 0.6) is 0 Å². The SMILES string of the molecule is O=c1ccncn1CCNC1CCOCC1. The van der Waals surface area contributed by atoms with Crippen LogP contribution in [0.2, 0.25) is 0 Å². The van der Waals surface area contributed by atoms with Crippen LogP contribution in [0, 0.1) is 0 Å². The maximum Gasteiger partial charge on any atom is 0.253 e. The highest BCUT2D eigenvalue weighted by Gasteiger charge is 2.12. The van der Waals surface area contributed by atoms with E-state index in [1.54, 1.807) is 10.9 Å². The first-order valence-corrected chi connectivity index (χ1v) is 5.68. The molecule has 88 valence electrons. The van der Waals surface area contributed by atoms with E-state index in [0.29, 0.717) is 12.6 Å². The second kappa shape index (κ2) is 5.77. The Morgan fingerprint density at radius 3 is 3.06 bits per heavy atom. The lowest BCUT2D eigenvalue weighted by atomic mass is 10.1. The standard InChI is InChI=1S/C11H17N3O2/c15-11-1-4-12-9-14(11)6-5-13-10-2-7-16-8-3-10/h1,4,9-10,13H,2-3,5-8H2. The van der Waals surface area contributed by atoms with Crippen molar-refractivity contribution in [2.24, 2.45) is 0 Å². The fourth-order valence-corrected chi connectivity index (χ4v) is 1.84. The van der Waals surface area contributed by atoms with Gasteiger partial charge in [0.25, 0.3) is 5.56 Å². The van der Waals surface area contributed by atoms with Gasteiger partial charge in [0.2, 0.25) is 0 Å². The Hall–Kier alpha value is -1.20. The first kappa shape index (κ1) is 11.3. The molecule has 2 rings (SSSR count). The molecule has 0 bridgehead atoms. The monoisotopic (exact) mass is 223 g/mol. The molecule has 0 radical (unpaired) electrons. The molecule has 16 heavy (non-hydrogen) atoms. The van der Waals surface area contributed by atoms with Crippen molar-refractivity contribution in [1.82, 2.24) is 14.9 Å². The summed E-state index contributed by atoms with van der Waals surface area (Å²) in [4.78, 5) is 15.3. The molecule has 5 nitrogen and oxygen atoms in total.